The molecule has 1 N–H and O–H groups in total. The average Bonchev–Trinajstić information content (AvgIpc) is 1.14. The monoisotopic (exact) mass is 211 g/mol. The molecule has 0 aliphatic carbocycles. The number of halogens is 3. The quantitative estimate of drug-likeness (QED) is 0.528. The molecular formula is C2H2Cl3O3S. The standard InChI is InChI=1S/C2H2Cl3O3S/c3-2(4,5)1-9(6,7)8/h1H,(H,6,7,8). The van der Waals surface area contributed by atoms with Crippen LogP contribution in [-0.2, 0) is 10.1 Å². The summed E-state index contributed by atoms with van der Waals surface area (Å²) in [7, 11) is -4.30. The molecule has 0 unspecified atom stereocenters. The van der Waals surface area contributed by atoms with E-state index in [4.69, 9.17) is 39.4 Å². The lowest BCUT2D eigenvalue weighted by atomic mass is 10.9. The molecule has 9 heavy (non-hydrogen) atoms. The zero-order chi connectivity index (χ0) is 7.71. The fraction of sp³-hybridized carbons (Fsp3) is 0.500. The molecule has 0 bridgehead atoms. The molecule has 0 saturated heterocycles. The summed E-state index contributed by atoms with van der Waals surface area (Å²) in [6.07, 6.45) is 0. The third-order valence-corrected chi connectivity index (χ3v) is 1.65. The van der Waals surface area contributed by atoms with Gasteiger partial charge in [-0.15, -0.1) is 0 Å². The average molecular weight is 212 g/mol. The van der Waals surface area contributed by atoms with E-state index < -0.39 is 13.9 Å². The maximum atomic E-state index is 9.89. The lowest BCUT2D eigenvalue weighted by Crippen LogP contribution is -2.11. The normalized spacial score (nSPS) is 13.8. The summed E-state index contributed by atoms with van der Waals surface area (Å²) in [5, 5.41) is 0. The van der Waals surface area contributed by atoms with Gasteiger partial charge in [-0.25, -0.2) is 0 Å². The van der Waals surface area contributed by atoms with Gasteiger partial charge < -0.3 is 0 Å². The maximum Gasteiger partial charge on any atom is 0.273 e. The van der Waals surface area contributed by atoms with Gasteiger partial charge in [0.15, 0.2) is 5.75 Å². The summed E-state index contributed by atoms with van der Waals surface area (Å²) in [4.78, 5) is 0. The van der Waals surface area contributed by atoms with E-state index in [1.807, 2.05) is 0 Å². The summed E-state index contributed by atoms with van der Waals surface area (Å²) < 4.78 is 25.7. The molecule has 0 aromatic heterocycles. The Bertz CT molecular complexity index is 178. The van der Waals surface area contributed by atoms with E-state index in [1.54, 1.807) is 0 Å². The molecule has 0 fully saturated rings. The van der Waals surface area contributed by atoms with Gasteiger partial charge in [-0.3, -0.25) is 4.55 Å². The molecule has 0 aromatic carbocycles. The van der Waals surface area contributed by atoms with Crippen LogP contribution < -0.4 is 0 Å². The first-order valence-electron chi connectivity index (χ1n) is 1.61. The number of rotatable bonds is 1. The Morgan fingerprint density at radius 3 is 1.67 bits per heavy atom. The molecule has 1 radical (unpaired) electrons. The van der Waals surface area contributed by atoms with Crippen LogP contribution >= 0.6 is 34.8 Å². The summed E-state index contributed by atoms with van der Waals surface area (Å²) in [6, 6.07) is 0. The molecule has 0 rings (SSSR count). The van der Waals surface area contributed by atoms with Crippen molar-refractivity contribution in [3.8, 4) is 0 Å². The minimum atomic E-state index is -4.30. The molecule has 0 aliphatic heterocycles. The first-order chi connectivity index (χ1) is 3.71. The second-order valence-electron chi connectivity index (χ2n) is 1.17. The zero-order valence-corrected chi connectivity index (χ0v) is 6.97. The Labute approximate surface area is 67.6 Å². The van der Waals surface area contributed by atoms with Crippen molar-refractivity contribution in [2.75, 3.05) is 0 Å². The first-order valence-corrected chi connectivity index (χ1v) is 4.24. The minimum Gasteiger partial charge on any atom is -0.285 e. The molecule has 0 amide bonds. The highest BCUT2D eigenvalue weighted by Crippen LogP contribution is 2.30. The summed E-state index contributed by atoms with van der Waals surface area (Å²) in [6.45, 7) is 0. The van der Waals surface area contributed by atoms with Crippen LogP contribution in [0.5, 0.6) is 0 Å². The van der Waals surface area contributed by atoms with Crippen LogP contribution in [0.1, 0.15) is 0 Å². The highest BCUT2D eigenvalue weighted by Gasteiger charge is 2.27. The van der Waals surface area contributed by atoms with Crippen LogP contribution in [0.3, 0.4) is 0 Å². The van der Waals surface area contributed by atoms with Crippen LogP contribution in [0.2, 0.25) is 0 Å². The Morgan fingerprint density at radius 2 is 1.67 bits per heavy atom. The van der Waals surface area contributed by atoms with Gasteiger partial charge in [0.05, 0.1) is 0 Å². The number of hydrogen-bond acceptors (Lipinski definition) is 2. The number of alkyl halides is 3. The van der Waals surface area contributed by atoms with Gasteiger partial charge >= 0.3 is 0 Å². The molecule has 0 saturated carbocycles. The van der Waals surface area contributed by atoms with E-state index in [2.05, 4.69) is 0 Å². The maximum absolute atomic E-state index is 9.89. The van der Waals surface area contributed by atoms with Crippen molar-refractivity contribution < 1.29 is 13.0 Å². The van der Waals surface area contributed by atoms with Crippen molar-refractivity contribution in [2.24, 2.45) is 0 Å². The number of hydrogen-bond donors (Lipinski definition) is 1. The van der Waals surface area contributed by atoms with Crippen molar-refractivity contribution in [3.05, 3.63) is 5.75 Å². The highest BCUT2D eigenvalue weighted by molar-refractivity contribution is 7.88. The van der Waals surface area contributed by atoms with Gasteiger partial charge in [0.25, 0.3) is 10.1 Å². The van der Waals surface area contributed by atoms with Gasteiger partial charge in [0, 0.05) is 0 Å². The largest absolute Gasteiger partial charge is 0.285 e. The fourth-order valence-corrected chi connectivity index (χ4v) is 1.52. The summed E-state index contributed by atoms with van der Waals surface area (Å²) >= 11 is 14.9. The predicted octanol–water partition coefficient (Wildman–Crippen LogP) is 1.41. The van der Waals surface area contributed by atoms with Gasteiger partial charge in [-0.1, -0.05) is 34.8 Å². The van der Waals surface area contributed by atoms with Crippen molar-refractivity contribution >= 4 is 44.9 Å². The lowest BCUT2D eigenvalue weighted by Gasteiger charge is -2.04. The summed E-state index contributed by atoms with van der Waals surface area (Å²) in [5.41, 5.74) is 0. The molecule has 0 heterocycles. The fourth-order valence-electron chi connectivity index (χ4n) is 0.169. The van der Waals surface area contributed by atoms with Crippen LogP contribution in [0.25, 0.3) is 0 Å². The Morgan fingerprint density at radius 1 is 1.33 bits per heavy atom. The van der Waals surface area contributed by atoms with Crippen LogP contribution in [0, 0.1) is 5.75 Å². The van der Waals surface area contributed by atoms with Crippen LogP contribution in [0.15, 0.2) is 0 Å². The Balaban J connectivity index is 4.07. The minimum absolute atomic E-state index is 0.199. The van der Waals surface area contributed by atoms with Crippen LogP contribution in [0.4, 0.5) is 0 Å². The van der Waals surface area contributed by atoms with Gasteiger partial charge in [-0.2, -0.15) is 8.42 Å². The summed E-state index contributed by atoms with van der Waals surface area (Å²) in [5.74, 6) is 0.199. The van der Waals surface area contributed by atoms with Crippen molar-refractivity contribution in [1.29, 1.82) is 0 Å². The highest BCUT2D eigenvalue weighted by atomic mass is 35.6. The van der Waals surface area contributed by atoms with Gasteiger partial charge in [0.1, 0.15) is 0 Å². The topological polar surface area (TPSA) is 54.4 Å². The third kappa shape index (κ3) is 8.78. The third-order valence-electron chi connectivity index (χ3n) is 0.283. The molecule has 0 atom stereocenters. The SMILES string of the molecule is O=S(=O)(O)[CH]C(Cl)(Cl)Cl. The Kier molecular flexibility index (Phi) is 3.04. The van der Waals surface area contributed by atoms with E-state index in [1.165, 1.54) is 0 Å². The van der Waals surface area contributed by atoms with Crippen LogP contribution in [-0.4, -0.2) is 16.8 Å². The molecular weight excluding hydrogens is 210 g/mol. The first kappa shape index (κ1) is 9.78. The van der Waals surface area contributed by atoms with E-state index in [0.29, 0.717) is 0 Å². The lowest BCUT2D eigenvalue weighted by molar-refractivity contribution is 0.489. The molecule has 55 valence electrons. The van der Waals surface area contributed by atoms with E-state index in [-0.39, 0.29) is 5.75 Å². The van der Waals surface area contributed by atoms with Crippen molar-refractivity contribution in [1.82, 2.24) is 0 Å². The van der Waals surface area contributed by atoms with E-state index >= 15 is 0 Å². The predicted molar refractivity (Wildman–Crippen MR) is 36.1 cm³/mol. The molecule has 0 aromatic rings. The smallest absolute Gasteiger partial charge is 0.273 e. The van der Waals surface area contributed by atoms with Crippen molar-refractivity contribution in [3.63, 3.8) is 0 Å². The van der Waals surface area contributed by atoms with E-state index in [0.717, 1.165) is 0 Å². The zero-order valence-electron chi connectivity index (χ0n) is 3.88. The van der Waals surface area contributed by atoms with Crippen molar-refractivity contribution in [2.45, 2.75) is 3.79 Å². The molecule has 0 spiro atoms. The molecule has 0 aliphatic rings. The van der Waals surface area contributed by atoms with Gasteiger partial charge in [0.2, 0.25) is 3.79 Å². The second-order valence-corrected chi connectivity index (χ2v) is 4.81. The molecule has 7 heteroatoms. The Hall–Kier alpha value is 0.780. The van der Waals surface area contributed by atoms with E-state index in [9.17, 15) is 8.42 Å². The molecule has 3 nitrogen and oxygen atoms in total. The van der Waals surface area contributed by atoms with Gasteiger partial charge in [-0.05, 0) is 0 Å². The second kappa shape index (κ2) is 2.80.